The van der Waals surface area contributed by atoms with Gasteiger partial charge < -0.3 is 10.2 Å². The van der Waals surface area contributed by atoms with Crippen molar-refractivity contribution in [2.24, 2.45) is 0 Å². The second kappa shape index (κ2) is 32.9. The van der Waals surface area contributed by atoms with Crippen LogP contribution in [0.5, 0.6) is 0 Å². The number of unbranched alkanes of at least 4 members (excludes halogenated alkanes) is 27. The highest BCUT2D eigenvalue weighted by molar-refractivity contribution is 4.58. The molecule has 0 aromatic carbocycles. The van der Waals surface area contributed by atoms with Crippen molar-refractivity contribution < 1.29 is 10.2 Å². The molecule has 0 saturated carbocycles. The summed E-state index contributed by atoms with van der Waals surface area (Å²) in [5.74, 6) is 0. The molecule has 0 bridgehead atoms. The van der Waals surface area contributed by atoms with E-state index in [1.807, 2.05) is 0 Å². The van der Waals surface area contributed by atoms with E-state index < -0.39 is 0 Å². The van der Waals surface area contributed by atoms with Crippen molar-refractivity contribution in [3.63, 3.8) is 0 Å². The monoisotopic (exact) mass is 511 g/mol. The highest BCUT2D eigenvalue weighted by Gasteiger charge is 2.04. The zero-order valence-electron chi connectivity index (χ0n) is 25.1. The van der Waals surface area contributed by atoms with Crippen molar-refractivity contribution in [1.29, 1.82) is 0 Å². The Hall–Kier alpha value is -0.0800. The van der Waals surface area contributed by atoms with Crippen LogP contribution in [0, 0.1) is 0 Å². The van der Waals surface area contributed by atoms with Gasteiger partial charge in [0.1, 0.15) is 0 Å². The van der Waals surface area contributed by atoms with Crippen LogP contribution < -0.4 is 0 Å². The summed E-state index contributed by atoms with van der Waals surface area (Å²) in [6, 6.07) is 0. The zero-order valence-corrected chi connectivity index (χ0v) is 25.1. The largest absolute Gasteiger partial charge is 0.396 e. The quantitative estimate of drug-likeness (QED) is 0.0883. The molecule has 0 radical (unpaired) electrons. The topological polar surface area (TPSA) is 40.5 Å². The molecule has 0 aliphatic heterocycles. The van der Waals surface area contributed by atoms with E-state index in [0.717, 1.165) is 19.3 Å². The molecule has 0 saturated heterocycles. The molecule has 2 N–H and O–H groups in total. The van der Waals surface area contributed by atoms with Gasteiger partial charge in [0.25, 0.3) is 0 Å². The summed E-state index contributed by atoms with van der Waals surface area (Å²) in [5.41, 5.74) is 0. The van der Waals surface area contributed by atoms with Gasteiger partial charge in [-0.15, -0.1) is 0 Å². The maximum atomic E-state index is 10.2. The van der Waals surface area contributed by atoms with Gasteiger partial charge in [-0.05, 0) is 19.3 Å². The molecule has 0 aromatic rings. The molecule has 0 aliphatic rings. The van der Waals surface area contributed by atoms with Gasteiger partial charge in [0, 0.05) is 6.61 Å². The van der Waals surface area contributed by atoms with Gasteiger partial charge in [-0.2, -0.15) is 0 Å². The van der Waals surface area contributed by atoms with Gasteiger partial charge in [0.15, 0.2) is 0 Å². The summed E-state index contributed by atoms with van der Waals surface area (Å²) in [7, 11) is 0. The fourth-order valence-corrected chi connectivity index (χ4v) is 5.51. The van der Waals surface area contributed by atoms with Crippen molar-refractivity contribution >= 4 is 0 Å². The van der Waals surface area contributed by atoms with Crippen LogP contribution in [0.25, 0.3) is 0 Å². The van der Waals surface area contributed by atoms with Crippen LogP contribution >= 0.6 is 0 Å². The third kappa shape index (κ3) is 31.9. The fraction of sp³-hybridized carbons (Fsp3) is 1.00. The van der Waals surface area contributed by atoms with E-state index in [0.29, 0.717) is 6.61 Å². The second-order valence-corrected chi connectivity index (χ2v) is 11.9. The molecule has 1 atom stereocenters. The van der Waals surface area contributed by atoms with Crippen LogP contribution in [0.1, 0.15) is 206 Å². The molecule has 0 fully saturated rings. The average molecular weight is 511 g/mol. The second-order valence-electron chi connectivity index (χ2n) is 11.9. The molecule has 0 rings (SSSR count). The van der Waals surface area contributed by atoms with Crippen molar-refractivity contribution in [2.75, 3.05) is 6.61 Å². The third-order valence-corrected chi connectivity index (χ3v) is 8.09. The lowest BCUT2D eigenvalue weighted by molar-refractivity contribution is 0.147. The van der Waals surface area contributed by atoms with Crippen molar-refractivity contribution in [2.45, 2.75) is 212 Å². The minimum atomic E-state index is -0.0489. The van der Waals surface area contributed by atoms with Crippen molar-refractivity contribution in [1.82, 2.24) is 0 Å². The van der Waals surface area contributed by atoms with E-state index in [1.165, 1.54) is 180 Å². The fourth-order valence-electron chi connectivity index (χ4n) is 5.51. The number of rotatable bonds is 32. The van der Waals surface area contributed by atoms with Crippen LogP contribution in [0.15, 0.2) is 0 Å². The van der Waals surface area contributed by atoms with E-state index in [2.05, 4.69) is 6.92 Å². The SMILES string of the molecule is CCCCCCCCCCCCCCCCCCCC(O)CCCCCCCCCCCCCCO. The Morgan fingerprint density at radius 3 is 0.806 bits per heavy atom. The minimum Gasteiger partial charge on any atom is -0.396 e. The summed E-state index contributed by atoms with van der Waals surface area (Å²) in [5, 5.41) is 19.0. The average Bonchev–Trinajstić information content (AvgIpc) is 2.88. The number of aliphatic hydroxyl groups is 2. The third-order valence-electron chi connectivity index (χ3n) is 8.09. The lowest BCUT2D eigenvalue weighted by Gasteiger charge is -2.10. The van der Waals surface area contributed by atoms with Crippen molar-refractivity contribution in [3.05, 3.63) is 0 Å². The van der Waals surface area contributed by atoms with E-state index in [9.17, 15) is 5.11 Å². The lowest BCUT2D eigenvalue weighted by Crippen LogP contribution is -2.05. The smallest absolute Gasteiger partial charge is 0.0540 e. The Morgan fingerprint density at radius 2 is 0.556 bits per heavy atom. The summed E-state index contributed by atoms with van der Waals surface area (Å²) >= 11 is 0. The highest BCUT2D eigenvalue weighted by Crippen LogP contribution is 2.17. The van der Waals surface area contributed by atoms with Crippen LogP contribution in [0.4, 0.5) is 0 Å². The number of hydrogen-bond acceptors (Lipinski definition) is 2. The Bertz CT molecular complexity index is 370. The standard InChI is InChI=1S/C34H70O2/c1-2-3-4-5-6-7-8-9-10-11-12-13-16-19-22-25-28-31-34(36)32-29-26-23-20-17-14-15-18-21-24-27-30-33-35/h34-36H,2-33H2,1H3. The molecule has 1 unspecified atom stereocenters. The minimum absolute atomic E-state index is 0.0489. The van der Waals surface area contributed by atoms with E-state index >= 15 is 0 Å². The van der Waals surface area contributed by atoms with Crippen LogP contribution in [0.2, 0.25) is 0 Å². The Morgan fingerprint density at radius 1 is 0.333 bits per heavy atom. The molecular formula is C34H70O2. The van der Waals surface area contributed by atoms with Gasteiger partial charge in [0.2, 0.25) is 0 Å². The molecule has 2 heteroatoms. The highest BCUT2D eigenvalue weighted by atomic mass is 16.3. The number of hydrogen-bond donors (Lipinski definition) is 2. The summed E-state index contributed by atoms with van der Waals surface area (Å²) in [6.07, 6.45) is 41.7. The first-order valence-electron chi connectivity index (χ1n) is 17.1. The maximum absolute atomic E-state index is 10.2. The van der Waals surface area contributed by atoms with E-state index in [-0.39, 0.29) is 6.10 Å². The predicted molar refractivity (Wildman–Crippen MR) is 162 cm³/mol. The Balaban J connectivity index is 3.13. The van der Waals surface area contributed by atoms with Gasteiger partial charge >= 0.3 is 0 Å². The molecule has 0 aliphatic carbocycles. The predicted octanol–water partition coefficient (Wildman–Crippen LogP) is 11.5. The normalized spacial score (nSPS) is 12.4. The molecule has 36 heavy (non-hydrogen) atoms. The molecule has 0 heterocycles. The molecular weight excluding hydrogens is 440 g/mol. The first-order valence-corrected chi connectivity index (χ1v) is 17.1. The molecule has 0 amide bonds. The summed E-state index contributed by atoms with van der Waals surface area (Å²) in [4.78, 5) is 0. The zero-order chi connectivity index (χ0) is 26.2. The molecule has 2 nitrogen and oxygen atoms in total. The lowest BCUT2D eigenvalue weighted by atomic mass is 10.0. The number of aliphatic hydroxyl groups excluding tert-OH is 2. The van der Waals surface area contributed by atoms with Crippen LogP contribution in [-0.4, -0.2) is 22.9 Å². The van der Waals surface area contributed by atoms with Gasteiger partial charge in [0.05, 0.1) is 6.10 Å². The molecule has 218 valence electrons. The first-order chi connectivity index (χ1) is 17.8. The van der Waals surface area contributed by atoms with Crippen LogP contribution in [0.3, 0.4) is 0 Å². The summed E-state index contributed by atoms with van der Waals surface area (Å²) < 4.78 is 0. The van der Waals surface area contributed by atoms with Gasteiger partial charge in [-0.1, -0.05) is 187 Å². The van der Waals surface area contributed by atoms with E-state index in [4.69, 9.17) is 5.11 Å². The van der Waals surface area contributed by atoms with Crippen LogP contribution in [-0.2, 0) is 0 Å². The van der Waals surface area contributed by atoms with Gasteiger partial charge in [-0.25, -0.2) is 0 Å². The Labute approximate surface area is 228 Å². The summed E-state index contributed by atoms with van der Waals surface area (Å²) in [6.45, 7) is 2.65. The Kier molecular flexibility index (Phi) is 32.9. The molecule has 0 aromatic heterocycles. The van der Waals surface area contributed by atoms with Crippen molar-refractivity contribution in [3.8, 4) is 0 Å². The first kappa shape index (κ1) is 35.9. The maximum Gasteiger partial charge on any atom is 0.0540 e. The van der Waals surface area contributed by atoms with Gasteiger partial charge in [-0.3, -0.25) is 0 Å². The molecule has 0 spiro atoms. The van der Waals surface area contributed by atoms with E-state index in [1.54, 1.807) is 0 Å².